The highest BCUT2D eigenvalue weighted by Gasteiger charge is 2.25. The van der Waals surface area contributed by atoms with Gasteiger partial charge in [0.05, 0.1) is 6.10 Å². The number of carbonyl (C=O) groups is 1. The largest absolute Gasteiger partial charge is 0.388 e. The van der Waals surface area contributed by atoms with Crippen LogP contribution in [0.25, 0.3) is 0 Å². The SMILES string of the molecule is CC(C)CNC(=O)C(C)n1ccc2c1CCCC2O. The number of aromatic nitrogens is 1. The second-order valence-electron chi connectivity index (χ2n) is 5.85. The van der Waals surface area contributed by atoms with Crippen molar-refractivity contribution in [3.05, 3.63) is 23.5 Å². The molecule has 0 radical (unpaired) electrons. The first-order valence-corrected chi connectivity index (χ1v) is 7.16. The number of aliphatic hydroxyl groups is 1. The number of rotatable bonds is 4. The Labute approximate surface area is 114 Å². The van der Waals surface area contributed by atoms with Gasteiger partial charge < -0.3 is 15.0 Å². The lowest BCUT2D eigenvalue weighted by Gasteiger charge is -2.23. The number of hydrogen-bond acceptors (Lipinski definition) is 2. The monoisotopic (exact) mass is 264 g/mol. The van der Waals surface area contributed by atoms with Crippen molar-refractivity contribution in [2.24, 2.45) is 5.92 Å². The molecule has 2 N–H and O–H groups in total. The topological polar surface area (TPSA) is 54.3 Å². The maximum Gasteiger partial charge on any atom is 0.242 e. The smallest absolute Gasteiger partial charge is 0.242 e. The van der Waals surface area contributed by atoms with Gasteiger partial charge in [-0.3, -0.25) is 4.79 Å². The Hall–Kier alpha value is -1.29. The van der Waals surface area contributed by atoms with E-state index in [-0.39, 0.29) is 18.1 Å². The van der Waals surface area contributed by atoms with Crippen molar-refractivity contribution in [1.29, 1.82) is 0 Å². The summed E-state index contributed by atoms with van der Waals surface area (Å²) < 4.78 is 2.01. The molecule has 19 heavy (non-hydrogen) atoms. The maximum atomic E-state index is 12.1. The van der Waals surface area contributed by atoms with E-state index in [1.807, 2.05) is 23.8 Å². The van der Waals surface area contributed by atoms with E-state index < -0.39 is 0 Å². The van der Waals surface area contributed by atoms with E-state index in [1.54, 1.807) is 0 Å². The predicted molar refractivity (Wildman–Crippen MR) is 74.9 cm³/mol. The average molecular weight is 264 g/mol. The molecule has 1 aliphatic rings. The first-order chi connectivity index (χ1) is 9.00. The van der Waals surface area contributed by atoms with Gasteiger partial charge in [0.2, 0.25) is 5.91 Å². The van der Waals surface area contributed by atoms with Crippen molar-refractivity contribution in [1.82, 2.24) is 9.88 Å². The summed E-state index contributed by atoms with van der Waals surface area (Å²) in [5, 5.41) is 12.9. The Bertz CT molecular complexity index is 451. The normalized spacial score (nSPS) is 20.2. The number of carbonyl (C=O) groups excluding carboxylic acids is 1. The van der Waals surface area contributed by atoms with Gasteiger partial charge in [-0.2, -0.15) is 0 Å². The summed E-state index contributed by atoms with van der Waals surface area (Å²) in [5.41, 5.74) is 2.11. The summed E-state index contributed by atoms with van der Waals surface area (Å²) in [6, 6.07) is 1.73. The van der Waals surface area contributed by atoms with E-state index in [2.05, 4.69) is 19.2 Å². The summed E-state index contributed by atoms with van der Waals surface area (Å²) in [6.07, 6.45) is 4.32. The molecule has 0 aromatic carbocycles. The van der Waals surface area contributed by atoms with Crippen LogP contribution in [0, 0.1) is 5.92 Å². The highest BCUT2D eigenvalue weighted by Crippen LogP contribution is 2.31. The third kappa shape index (κ3) is 3.00. The maximum absolute atomic E-state index is 12.1. The van der Waals surface area contributed by atoms with Gasteiger partial charge in [-0.25, -0.2) is 0 Å². The van der Waals surface area contributed by atoms with E-state index >= 15 is 0 Å². The first-order valence-electron chi connectivity index (χ1n) is 7.16. The minimum Gasteiger partial charge on any atom is -0.388 e. The Balaban J connectivity index is 2.11. The lowest BCUT2D eigenvalue weighted by Crippen LogP contribution is -2.34. The second kappa shape index (κ2) is 5.78. The highest BCUT2D eigenvalue weighted by molar-refractivity contribution is 5.80. The van der Waals surface area contributed by atoms with Gasteiger partial charge >= 0.3 is 0 Å². The van der Waals surface area contributed by atoms with E-state index in [0.29, 0.717) is 12.5 Å². The van der Waals surface area contributed by atoms with Crippen LogP contribution in [0.15, 0.2) is 12.3 Å². The number of fused-ring (bicyclic) bond motifs is 1. The molecule has 0 spiro atoms. The molecule has 1 amide bonds. The van der Waals surface area contributed by atoms with Gasteiger partial charge in [0, 0.05) is 24.0 Å². The van der Waals surface area contributed by atoms with E-state index in [4.69, 9.17) is 0 Å². The van der Waals surface area contributed by atoms with Crippen molar-refractivity contribution in [3.63, 3.8) is 0 Å². The zero-order chi connectivity index (χ0) is 14.0. The lowest BCUT2D eigenvalue weighted by molar-refractivity contribution is -0.124. The molecular weight excluding hydrogens is 240 g/mol. The van der Waals surface area contributed by atoms with Crippen LogP contribution in [0.3, 0.4) is 0 Å². The summed E-state index contributed by atoms with van der Waals surface area (Å²) in [6.45, 7) is 6.78. The zero-order valence-electron chi connectivity index (χ0n) is 12.0. The molecule has 2 rings (SSSR count). The van der Waals surface area contributed by atoms with Crippen LogP contribution in [0.4, 0.5) is 0 Å². The summed E-state index contributed by atoms with van der Waals surface area (Å²) >= 11 is 0. The van der Waals surface area contributed by atoms with Crippen LogP contribution in [0.1, 0.15) is 57.0 Å². The second-order valence-corrected chi connectivity index (χ2v) is 5.85. The van der Waals surface area contributed by atoms with Gasteiger partial charge in [0.15, 0.2) is 0 Å². The highest BCUT2D eigenvalue weighted by atomic mass is 16.3. The van der Waals surface area contributed by atoms with Crippen molar-refractivity contribution in [3.8, 4) is 0 Å². The molecule has 0 saturated carbocycles. The Kier molecular flexibility index (Phi) is 4.30. The fourth-order valence-electron chi connectivity index (χ4n) is 2.63. The number of nitrogens with one attached hydrogen (secondary N) is 1. The summed E-state index contributed by atoms with van der Waals surface area (Å²) in [5.74, 6) is 0.503. The van der Waals surface area contributed by atoms with Crippen LogP contribution in [-0.4, -0.2) is 22.1 Å². The zero-order valence-corrected chi connectivity index (χ0v) is 12.0. The molecule has 1 aromatic heterocycles. The van der Waals surface area contributed by atoms with Gasteiger partial charge in [-0.05, 0) is 38.2 Å². The van der Waals surface area contributed by atoms with Crippen LogP contribution >= 0.6 is 0 Å². The van der Waals surface area contributed by atoms with Gasteiger partial charge in [0.1, 0.15) is 6.04 Å². The fraction of sp³-hybridized carbons (Fsp3) is 0.667. The quantitative estimate of drug-likeness (QED) is 0.876. The van der Waals surface area contributed by atoms with Crippen LogP contribution in [-0.2, 0) is 11.2 Å². The number of aliphatic hydroxyl groups excluding tert-OH is 1. The van der Waals surface area contributed by atoms with Gasteiger partial charge in [0.25, 0.3) is 0 Å². The molecule has 2 unspecified atom stereocenters. The minimum absolute atomic E-state index is 0.0483. The molecule has 2 atom stereocenters. The molecular formula is C15H24N2O2. The molecule has 1 aromatic rings. The van der Waals surface area contributed by atoms with Crippen molar-refractivity contribution in [2.75, 3.05) is 6.54 Å². The number of amides is 1. The third-order valence-corrected chi connectivity index (χ3v) is 3.79. The van der Waals surface area contributed by atoms with E-state index in [9.17, 15) is 9.90 Å². The van der Waals surface area contributed by atoms with E-state index in [0.717, 1.165) is 30.5 Å². The summed E-state index contributed by atoms with van der Waals surface area (Å²) in [4.78, 5) is 12.1. The van der Waals surface area contributed by atoms with Crippen LogP contribution < -0.4 is 5.32 Å². The third-order valence-electron chi connectivity index (χ3n) is 3.79. The molecule has 1 heterocycles. The Morgan fingerprint density at radius 3 is 2.95 bits per heavy atom. The van der Waals surface area contributed by atoms with Crippen molar-refractivity contribution < 1.29 is 9.90 Å². The molecule has 0 fully saturated rings. The van der Waals surface area contributed by atoms with Crippen LogP contribution in [0.2, 0.25) is 0 Å². The van der Waals surface area contributed by atoms with Gasteiger partial charge in [-0.15, -0.1) is 0 Å². The predicted octanol–water partition coefficient (Wildman–Crippen LogP) is 2.19. The molecule has 0 bridgehead atoms. The molecule has 0 aliphatic heterocycles. The molecule has 106 valence electrons. The molecule has 1 aliphatic carbocycles. The number of nitrogens with zero attached hydrogens (tertiary/aromatic N) is 1. The summed E-state index contributed by atoms with van der Waals surface area (Å²) in [7, 11) is 0. The minimum atomic E-state index is -0.365. The lowest BCUT2D eigenvalue weighted by atomic mass is 9.95. The Morgan fingerprint density at radius 1 is 1.53 bits per heavy atom. The standard InChI is InChI=1S/C15H24N2O2/c1-10(2)9-16-15(19)11(3)17-8-7-12-13(17)5-4-6-14(12)18/h7-8,10-11,14,18H,4-6,9H2,1-3H3,(H,16,19). The molecule has 0 saturated heterocycles. The Morgan fingerprint density at radius 2 is 2.26 bits per heavy atom. The van der Waals surface area contributed by atoms with E-state index in [1.165, 1.54) is 0 Å². The van der Waals surface area contributed by atoms with Crippen LogP contribution in [0.5, 0.6) is 0 Å². The molecule has 4 nitrogen and oxygen atoms in total. The fourth-order valence-corrected chi connectivity index (χ4v) is 2.63. The van der Waals surface area contributed by atoms with Crippen molar-refractivity contribution in [2.45, 2.75) is 52.2 Å². The molecule has 4 heteroatoms. The van der Waals surface area contributed by atoms with Gasteiger partial charge in [-0.1, -0.05) is 13.8 Å². The van der Waals surface area contributed by atoms with Crippen molar-refractivity contribution >= 4 is 5.91 Å². The number of hydrogen-bond donors (Lipinski definition) is 2. The average Bonchev–Trinajstić information content (AvgIpc) is 2.80. The first kappa shape index (κ1) is 14.1.